The summed E-state index contributed by atoms with van der Waals surface area (Å²) in [6, 6.07) is 10.4. The van der Waals surface area contributed by atoms with Crippen LogP contribution in [0.5, 0.6) is 0 Å². The third kappa shape index (κ3) is 1.17. The number of rotatable bonds is 1. The molecule has 0 spiro atoms. The summed E-state index contributed by atoms with van der Waals surface area (Å²) >= 11 is 1.73. The van der Waals surface area contributed by atoms with Gasteiger partial charge in [-0.05, 0) is 23.9 Å². The SMILES string of the molecule is FC1CC1c1cc2ccccc2s1. The molecule has 0 saturated heterocycles. The second-order valence-electron chi connectivity index (χ2n) is 3.54. The topological polar surface area (TPSA) is 0 Å². The van der Waals surface area contributed by atoms with E-state index in [1.54, 1.807) is 11.3 Å². The van der Waals surface area contributed by atoms with Crippen LogP contribution in [0.3, 0.4) is 0 Å². The fourth-order valence-corrected chi connectivity index (χ4v) is 2.87. The van der Waals surface area contributed by atoms with Crippen LogP contribution in [-0.4, -0.2) is 6.17 Å². The minimum Gasteiger partial charge on any atom is -0.247 e. The van der Waals surface area contributed by atoms with Gasteiger partial charge in [0.15, 0.2) is 0 Å². The summed E-state index contributed by atoms with van der Waals surface area (Å²) in [5, 5.41) is 1.25. The number of hydrogen-bond acceptors (Lipinski definition) is 1. The Kier molecular flexibility index (Phi) is 1.47. The molecule has 0 radical (unpaired) electrons. The first-order valence-electron chi connectivity index (χ1n) is 4.47. The van der Waals surface area contributed by atoms with Crippen LogP contribution in [0.15, 0.2) is 30.3 Å². The number of halogens is 1. The molecule has 0 bridgehead atoms. The molecule has 0 aliphatic heterocycles. The first-order valence-corrected chi connectivity index (χ1v) is 5.29. The van der Waals surface area contributed by atoms with Crippen molar-refractivity contribution in [2.75, 3.05) is 0 Å². The molecule has 3 rings (SSSR count). The fourth-order valence-electron chi connectivity index (χ4n) is 1.64. The summed E-state index contributed by atoms with van der Waals surface area (Å²) in [6.07, 6.45) is 0.153. The molecule has 0 amide bonds. The van der Waals surface area contributed by atoms with Crippen LogP contribution in [0.1, 0.15) is 17.2 Å². The predicted molar refractivity (Wildman–Crippen MR) is 54.1 cm³/mol. The molecule has 2 aromatic rings. The van der Waals surface area contributed by atoms with E-state index < -0.39 is 6.17 Å². The van der Waals surface area contributed by atoms with E-state index in [0.717, 1.165) is 6.42 Å². The molecule has 2 heteroatoms. The molecular weight excluding hydrogens is 183 g/mol. The van der Waals surface area contributed by atoms with Gasteiger partial charge in [-0.15, -0.1) is 11.3 Å². The third-order valence-electron chi connectivity index (χ3n) is 2.52. The standard InChI is InChI=1S/C11H9FS/c12-9-6-8(9)11-5-7-3-1-2-4-10(7)13-11/h1-5,8-9H,6H2. The lowest BCUT2D eigenvalue weighted by Gasteiger charge is -1.84. The highest BCUT2D eigenvalue weighted by molar-refractivity contribution is 7.19. The number of fused-ring (bicyclic) bond motifs is 1. The van der Waals surface area contributed by atoms with Gasteiger partial charge in [-0.25, -0.2) is 4.39 Å². The van der Waals surface area contributed by atoms with E-state index in [1.807, 2.05) is 12.1 Å². The summed E-state index contributed by atoms with van der Waals surface area (Å²) in [5.41, 5.74) is 0. The minimum atomic E-state index is -0.576. The molecule has 1 saturated carbocycles. The van der Waals surface area contributed by atoms with E-state index in [0.29, 0.717) is 0 Å². The highest BCUT2D eigenvalue weighted by atomic mass is 32.1. The van der Waals surface area contributed by atoms with Gasteiger partial charge in [0.05, 0.1) is 0 Å². The number of hydrogen-bond donors (Lipinski definition) is 0. The molecule has 1 aromatic heterocycles. The lowest BCUT2D eigenvalue weighted by atomic mass is 10.2. The van der Waals surface area contributed by atoms with Crippen molar-refractivity contribution in [3.63, 3.8) is 0 Å². The molecule has 1 aliphatic rings. The van der Waals surface area contributed by atoms with Gasteiger partial charge < -0.3 is 0 Å². The normalized spacial score (nSPS) is 26.5. The monoisotopic (exact) mass is 192 g/mol. The molecule has 1 aliphatic carbocycles. The fraction of sp³-hybridized carbons (Fsp3) is 0.273. The first-order chi connectivity index (χ1) is 6.34. The van der Waals surface area contributed by atoms with Gasteiger partial charge in [-0.2, -0.15) is 0 Å². The van der Waals surface area contributed by atoms with Crippen molar-refractivity contribution in [2.45, 2.75) is 18.5 Å². The summed E-state index contributed by atoms with van der Waals surface area (Å²) in [5.74, 6) is 0.206. The van der Waals surface area contributed by atoms with Crippen molar-refractivity contribution in [2.24, 2.45) is 0 Å². The maximum atomic E-state index is 12.8. The maximum Gasteiger partial charge on any atom is 0.109 e. The Bertz CT molecular complexity index is 413. The van der Waals surface area contributed by atoms with Crippen LogP contribution in [-0.2, 0) is 0 Å². The average molecular weight is 192 g/mol. The Morgan fingerprint density at radius 1 is 1.31 bits per heavy atom. The second-order valence-corrected chi connectivity index (χ2v) is 4.66. The van der Waals surface area contributed by atoms with E-state index in [4.69, 9.17) is 0 Å². The van der Waals surface area contributed by atoms with Crippen molar-refractivity contribution in [3.8, 4) is 0 Å². The van der Waals surface area contributed by atoms with Gasteiger partial charge in [0.1, 0.15) is 6.17 Å². The average Bonchev–Trinajstić information content (AvgIpc) is 2.74. The molecule has 1 aromatic carbocycles. The number of thiophene rings is 1. The number of benzene rings is 1. The molecule has 2 atom stereocenters. The lowest BCUT2D eigenvalue weighted by Crippen LogP contribution is -1.72. The van der Waals surface area contributed by atoms with E-state index in [9.17, 15) is 4.39 Å². The molecule has 1 heterocycles. The van der Waals surface area contributed by atoms with Crippen LogP contribution >= 0.6 is 11.3 Å². The zero-order chi connectivity index (χ0) is 8.84. The van der Waals surface area contributed by atoms with Gasteiger partial charge >= 0.3 is 0 Å². The van der Waals surface area contributed by atoms with Crippen molar-refractivity contribution < 1.29 is 4.39 Å². The first kappa shape index (κ1) is 7.51. The molecule has 2 unspecified atom stereocenters. The Balaban J connectivity index is 2.12. The highest BCUT2D eigenvalue weighted by Crippen LogP contribution is 2.47. The summed E-state index contributed by atoms with van der Waals surface area (Å²) in [6.45, 7) is 0. The van der Waals surface area contributed by atoms with Crippen molar-refractivity contribution in [1.82, 2.24) is 0 Å². The lowest BCUT2D eigenvalue weighted by molar-refractivity contribution is 0.469. The van der Waals surface area contributed by atoms with Gasteiger partial charge in [0.25, 0.3) is 0 Å². The molecule has 0 N–H and O–H groups in total. The van der Waals surface area contributed by atoms with Crippen LogP contribution in [0, 0.1) is 0 Å². The van der Waals surface area contributed by atoms with Crippen LogP contribution in [0.4, 0.5) is 4.39 Å². The number of alkyl halides is 1. The Hall–Kier alpha value is -0.890. The molecule has 0 nitrogen and oxygen atoms in total. The van der Waals surface area contributed by atoms with Crippen molar-refractivity contribution >= 4 is 21.4 Å². The van der Waals surface area contributed by atoms with Crippen LogP contribution < -0.4 is 0 Å². The van der Waals surface area contributed by atoms with Gasteiger partial charge in [0.2, 0.25) is 0 Å². The van der Waals surface area contributed by atoms with Crippen LogP contribution in [0.25, 0.3) is 10.1 Å². The van der Waals surface area contributed by atoms with Crippen LogP contribution in [0.2, 0.25) is 0 Å². The molecule has 13 heavy (non-hydrogen) atoms. The Morgan fingerprint density at radius 3 is 2.77 bits per heavy atom. The zero-order valence-corrected chi connectivity index (χ0v) is 7.85. The van der Waals surface area contributed by atoms with Gasteiger partial charge in [0, 0.05) is 15.5 Å². The largest absolute Gasteiger partial charge is 0.247 e. The summed E-state index contributed by atoms with van der Waals surface area (Å²) in [4.78, 5) is 1.22. The Morgan fingerprint density at radius 2 is 2.08 bits per heavy atom. The van der Waals surface area contributed by atoms with Crippen molar-refractivity contribution in [1.29, 1.82) is 0 Å². The summed E-state index contributed by atoms with van der Waals surface area (Å²) < 4.78 is 14.1. The van der Waals surface area contributed by atoms with Crippen molar-refractivity contribution in [3.05, 3.63) is 35.2 Å². The predicted octanol–water partition coefficient (Wildman–Crippen LogP) is 3.73. The van der Waals surface area contributed by atoms with E-state index >= 15 is 0 Å². The zero-order valence-electron chi connectivity index (χ0n) is 7.03. The quantitative estimate of drug-likeness (QED) is 0.646. The third-order valence-corrected chi connectivity index (χ3v) is 3.77. The molecular formula is C11H9FS. The smallest absolute Gasteiger partial charge is 0.109 e. The van der Waals surface area contributed by atoms with E-state index in [2.05, 4.69) is 18.2 Å². The van der Waals surface area contributed by atoms with E-state index in [1.165, 1.54) is 15.0 Å². The Labute approximate surface area is 80.0 Å². The summed E-state index contributed by atoms with van der Waals surface area (Å²) in [7, 11) is 0. The van der Waals surface area contributed by atoms with Gasteiger partial charge in [-0.3, -0.25) is 0 Å². The maximum absolute atomic E-state index is 12.8. The molecule has 1 fully saturated rings. The van der Waals surface area contributed by atoms with E-state index in [-0.39, 0.29) is 5.92 Å². The highest BCUT2D eigenvalue weighted by Gasteiger charge is 2.39. The minimum absolute atomic E-state index is 0.206. The second kappa shape index (κ2) is 2.55. The molecule has 66 valence electrons. The van der Waals surface area contributed by atoms with Gasteiger partial charge in [-0.1, -0.05) is 18.2 Å².